The Morgan fingerprint density at radius 3 is 2.55 bits per heavy atom. The topological polar surface area (TPSA) is 15.3 Å². The van der Waals surface area contributed by atoms with Gasteiger partial charge in [0.2, 0.25) is 0 Å². The van der Waals surface area contributed by atoms with Crippen molar-refractivity contribution >= 4 is 11.4 Å². The van der Waals surface area contributed by atoms with Gasteiger partial charge in [0.1, 0.15) is 5.82 Å². The van der Waals surface area contributed by atoms with E-state index >= 15 is 0 Å². The van der Waals surface area contributed by atoms with Crippen LogP contribution in [0.25, 0.3) is 0 Å². The molecule has 0 saturated carbocycles. The normalized spacial score (nSPS) is 17.1. The van der Waals surface area contributed by atoms with Crippen molar-refractivity contribution in [3.05, 3.63) is 59.4 Å². The standard InChI is InChI=1S/C17H17F3N2/c1-2-12-9-21-16-7-14(19)15(20)8-17(16)22(12)10-11-5-3-4-6-13(11)18/h3-8,12,21H,2,9-10H2,1H3. The van der Waals surface area contributed by atoms with Crippen LogP contribution >= 0.6 is 0 Å². The van der Waals surface area contributed by atoms with Crippen molar-refractivity contribution in [2.45, 2.75) is 25.9 Å². The zero-order valence-corrected chi connectivity index (χ0v) is 12.2. The summed E-state index contributed by atoms with van der Waals surface area (Å²) in [6, 6.07) is 8.96. The number of anilines is 2. The van der Waals surface area contributed by atoms with E-state index in [9.17, 15) is 13.2 Å². The van der Waals surface area contributed by atoms with Crippen molar-refractivity contribution < 1.29 is 13.2 Å². The molecule has 1 unspecified atom stereocenters. The quantitative estimate of drug-likeness (QED) is 0.909. The fourth-order valence-corrected chi connectivity index (χ4v) is 2.84. The third-order valence-electron chi connectivity index (χ3n) is 4.09. The molecule has 0 fully saturated rings. The van der Waals surface area contributed by atoms with Crippen LogP contribution in [0.5, 0.6) is 0 Å². The van der Waals surface area contributed by atoms with Crippen LogP contribution < -0.4 is 10.2 Å². The maximum absolute atomic E-state index is 13.9. The predicted molar refractivity (Wildman–Crippen MR) is 81.5 cm³/mol. The van der Waals surface area contributed by atoms with Gasteiger partial charge in [-0.2, -0.15) is 0 Å². The summed E-state index contributed by atoms with van der Waals surface area (Å²) in [7, 11) is 0. The van der Waals surface area contributed by atoms with E-state index in [0.29, 0.717) is 30.0 Å². The van der Waals surface area contributed by atoms with Crippen LogP contribution in [-0.4, -0.2) is 12.6 Å². The number of hydrogen-bond acceptors (Lipinski definition) is 2. The summed E-state index contributed by atoms with van der Waals surface area (Å²) >= 11 is 0. The smallest absolute Gasteiger partial charge is 0.161 e. The van der Waals surface area contributed by atoms with E-state index in [4.69, 9.17) is 0 Å². The molecule has 0 radical (unpaired) electrons. The first-order valence-electron chi connectivity index (χ1n) is 7.33. The van der Waals surface area contributed by atoms with Gasteiger partial charge in [-0.25, -0.2) is 13.2 Å². The molecule has 116 valence electrons. The van der Waals surface area contributed by atoms with Crippen LogP contribution in [0.2, 0.25) is 0 Å². The van der Waals surface area contributed by atoms with Gasteiger partial charge in [-0.05, 0) is 12.5 Å². The van der Waals surface area contributed by atoms with Crippen molar-refractivity contribution in [2.24, 2.45) is 0 Å². The fraction of sp³-hybridized carbons (Fsp3) is 0.294. The first kappa shape index (κ1) is 14.8. The molecule has 5 heteroatoms. The van der Waals surface area contributed by atoms with E-state index in [1.807, 2.05) is 11.8 Å². The highest BCUT2D eigenvalue weighted by Gasteiger charge is 2.27. The molecule has 0 bridgehead atoms. The van der Waals surface area contributed by atoms with E-state index in [-0.39, 0.29) is 11.9 Å². The molecule has 1 atom stereocenters. The predicted octanol–water partition coefficient (Wildman–Crippen LogP) is 4.31. The Balaban J connectivity index is 2.01. The van der Waals surface area contributed by atoms with Gasteiger partial charge in [-0.15, -0.1) is 0 Å². The largest absolute Gasteiger partial charge is 0.381 e. The van der Waals surface area contributed by atoms with Crippen molar-refractivity contribution in [2.75, 3.05) is 16.8 Å². The summed E-state index contributed by atoms with van der Waals surface area (Å²) < 4.78 is 41.0. The van der Waals surface area contributed by atoms with Crippen LogP contribution in [0, 0.1) is 17.5 Å². The second-order valence-corrected chi connectivity index (χ2v) is 5.45. The Kier molecular flexibility index (Phi) is 3.96. The summed E-state index contributed by atoms with van der Waals surface area (Å²) in [5, 5.41) is 3.12. The molecule has 2 aromatic carbocycles. The Labute approximate surface area is 127 Å². The van der Waals surface area contributed by atoms with E-state index in [1.165, 1.54) is 12.1 Å². The highest BCUT2D eigenvalue weighted by Crippen LogP contribution is 2.35. The maximum Gasteiger partial charge on any atom is 0.161 e. The SMILES string of the molecule is CCC1CNc2cc(F)c(F)cc2N1Cc1ccccc1F. The third-order valence-corrected chi connectivity index (χ3v) is 4.09. The molecule has 22 heavy (non-hydrogen) atoms. The summed E-state index contributed by atoms with van der Waals surface area (Å²) in [4.78, 5) is 1.94. The Morgan fingerprint density at radius 2 is 1.82 bits per heavy atom. The number of nitrogens with one attached hydrogen (secondary N) is 1. The summed E-state index contributed by atoms with van der Waals surface area (Å²) in [5.41, 5.74) is 1.65. The first-order chi connectivity index (χ1) is 10.6. The number of benzene rings is 2. The molecule has 1 N–H and O–H groups in total. The van der Waals surface area contributed by atoms with E-state index < -0.39 is 11.6 Å². The minimum atomic E-state index is -0.893. The zero-order valence-electron chi connectivity index (χ0n) is 12.2. The van der Waals surface area contributed by atoms with Gasteiger partial charge in [-0.3, -0.25) is 0 Å². The summed E-state index contributed by atoms with van der Waals surface area (Å²) in [5.74, 6) is -2.07. The summed E-state index contributed by atoms with van der Waals surface area (Å²) in [6.07, 6.45) is 0.819. The van der Waals surface area contributed by atoms with Crippen LogP contribution in [0.15, 0.2) is 36.4 Å². The van der Waals surface area contributed by atoms with Gasteiger partial charge in [0.15, 0.2) is 11.6 Å². The van der Waals surface area contributed by atoms with Gasteiger partial charge in [0, 0.05) is 36.8 Å². The number of hydrogen-bond donors (Lipinski definition) is 1. The van der Waals surface area contributed by atoms with E-state index in [0.717, 1.165) is 12.5 Å². The monoisotopic (exact) mass is 306 g/mol. The lowest BCUT2D eigenvalue weighted by atomic mass is 10.0. The van der Waals surface area contributed by atoms with E-state index in [2.05, 4.69) is 5.32 Å². The first-order valence-corrected chi connectivity index (χ1v) is 7.33. The molecule has 0 amide bonds. The van der Waals surface area contributed by atoms with Gasteiger partial charge >= 0.3 is 0 Å². The van der Waals surface area contributed by atoms with Gasteiger partial charge in [-0.1, -0.05) is 25.1 Å². The molecular formula is C17H17F3N2. The minimum absolute atomic E-state index is 0.0944. The average Bonchev–Trinajstić information content (AvgIpc) is 2.51. The second kappa shape index (κ2) is 5.91. The molecule has 0 aromatic heterocycles. The van der Waals surface area contributed by atoms with Crippen molar-refractivity contribution in [1.29, 1.82) is 0 Å². The number of rotatable bonds is 3. The summed E-state index contributed by atoms with van der Waals surface area (Å²) in [6.45, 7) is 2.96. The lowest BCUT2D eigenvalue weighted by Gasteiger charge is -2.39. The number of nitrogens with zero attached hydrogens (tertiary/aromatic N) is 1. The number of fused-ring (bicyclic) bond motifs is 1. The Hall–Kier alpha value is -2.17. The van der Waals surface area contributed by atoms with Gasteiger partial charge in [0.05, 0.1) is 11.4 Å². The third kappa shape index (κ3) is 2.63. The maximum atomic E-state index is 13.9. The lowest BCUT2D eigenvalue weighted by Crippen LogP contribution is -2.43. The van der Waals surface area contributed by atoms with Gasteiger partial charge in [0.25, 0.3) is 0 Å². The van der Waals surface area contributed by atoms with Crippen LogP contribution in [0.4, 0.5) is 24.5 Å². The molecule has 0 aliphatic carbocycles. The Bertz CT molecular complexity index is 688. The molecular weight excluding hydrogens is 289 g/mol. The molecule has 3 rings (SSSR count). The Morgan fingerprint density at radius 1 is 1.09 bits per heavy atom. The van der Waals surface area contributed by atoms with Crippen LogP contribution in [0.3, 0.4) is 0 Å². The molecule has 0 spiro atoms. The van der Waals surface area contributed by atoms with E-state index in [1.54, 1.807) is 18.2 Å². The second-order valence-electron chi connectivity index (χ2n) is 5.45. The van der Waals surface area contributed by atoms with Crippen molar-refractivity contribution in [3.63, 3.8) is 0 Å². The zero-order chi connectivity index (χ0) is 15.7. The van der Waals surface area contributed by atoms with Gasteiger partial charge < -0.3 is 10.2 Å². The molecule has 1 aliphatic heterocycles. The molecule has 1 aliphatic rings. The van der Waals surface area contributed by atoms with Crippen LogP contribution in [-0.2, 0) is 6.54 Å². The highest BCUT2D eigenvalue weighted by atomic mass is 19.2. The fourth-order valence-electron chi connectivity index (χ4n) is 2.84. The van der Waals surface area contributed by atoms with Crippen molar-refractivity contribution in [1.82, 2.24) is 0 Å². The molecule has 1 heterocycles. The average molecular weight is 306 g/mol. The minimum Gasteiger partial charge on any atom is -0.381 e. The molecule has 2 nitrogen and oxygen atoms in total. The van der Waals surface area contributed by atoms with Crippen LogP contribution in [0.1, 0.15) is 18.9 Å². The molecule has 2 aromatic rings. The van der Waals surface area contributed by atoms with Crippen molar-refractivity contribution in [3.8, 4) is 0 Å². The molecule has 0 saturated heterocycles. The lowest BCUT2D eigenvalue weighted by molar-refractivity contribution is 0.503. The number of halogens is 3. The highest BCUT2D eigenvalue weighted by molar-refractivity contribution is 5.73.